The number of hydrogen-bond donors (Lipinski definition) is 0. The summed E-state index contributed by atoms with van der Waals surface area (Å²) in [7, 11) is 0. The summed E-state index contributed by atoms with van der Waals surface area (Å²) in [6.45, 7) is 4.06. The first-order valence-electron chi connectivity index (χ1n) is 6.11. The van der Waals surface area contributed by atoms with Gasteiger partial charge in [-0.15, -0.1) is 0 Å². The fourth-order valence-electron chi connectivity index (χ4n) is 2.62. The molecule has 0 aliphatic carbocycles. The number of rotatable bonds is 2. The third-order valence-electron chi connectivity index (χ3n) is 3.60. The average Bonchev–Trinajstić information content (AvgIpc) is 2.31. The third-order valence-corrected chi connectivity index (χ3v) is 3.60. The van der Waals surface area contributed by atoms with Crippen LogP contribution in [0.15, 0.2) is 0 Å². The molecule has 2 heterocycles. The van der Waals surface area contributed by atoms with E-state index in [2.05, 4.69) is 11.0 Å². The minimum Gasteiger partial charge on any atom is -0.381 e. The van der Waals surface area contributed by atoms with E-state index in [-0.39, 0.29) is 6.04 Å². The van der Waals surface area contributed by atoms with Gasteiger partial charge in [0.05, 0.1) is 12.1 Å². The molecular weight excluding hydrogens is 188 g/mol. The molecular formula is C12H20N2O. The highest BCUT2D eigenvalue weighted by atomic mass is 16.5. The van der Waals surface area contributed by atoms with Gasteiger partial charge in [0.1, 0.15) is 0 Å². The van der Waals surface area contributed by atoms with E-state index in [4.69, 9.17) is 10.00 Å². The number of ether oxygens (including phenoxy) is 1. The smallest absolute Gasteiger partial charge is 0.0978 e. The second-order valence-corrected chi connectivity index (χ2v) is 4.69. The molecule has 3 nitrogen and oxygen atoms in total. The van der Waals surface area contributed by atoms with Crippen molar-refractivity contribution in [3.05, 3.63) is 0 Å². The second kappa shape index (κ2) is 5.48. The van der Waals surface area contributed by atoms with Crippen molar-refractivity contribution in [3.8, 4) is 6.07 Å². The molecule has 0 aromatic rings. The molecule has 2 rings (SSSR count). The lowest BCUT2D eigenvalue weighted by Crippen LogP contribution is -2.42. The lowest BCUT2D eigenvalue weighted by molar-refractivity contribution is 0.0445. The van der Waals surface area contributed by atoms with Crippen molar-refractivity contribution in [1.82, 2.24) is 4.90 Å². The summed E-state index contributed by atoms with van der Waals surface area (Å²) in [5.74, 6) is 0.757. The maximum Gasteiger partial charge on any atom is 0.0978 e. The molecule has 0 bridgehead atoms. The van der Waals surface area contributed by atoms with Gasteiger partial charge in [-0.05, 0) is 44.6 Å². The molecule has 0 spiro atoms. The highest BCUT2D eigenvalue weighted by Crippen LogP contribution is 2.22. The second-order valence-electron chi connectivity index (χ2n) is 4.69. The molecule has 84 valence electrons. The van der Waals surface area contributed by atoms with Gasteiger partial charge in [0.25, 0.3) is 0 Å². The van der Waals surface area contributed by atoms with Crippen LogP contribution in [0.5, 0.6) is 0 Å². The van der Waals surface area contributed by atoms with E-state index in [0.717, 1.165) is 38.6 Å². The Bertz CT molecular complexity index is 230. The molecule has 1 unspecified atom stereocenters. The largest absolute Gasteiger partial charge is 0.381 e. The minimum absolute atomic E-state index is 0.182. The molecule has 0 radical (unpaired) electrons. The van der Waals surface area contributed by atoms with Gasteiger partial charge in [0.15, 0.2) is 0 Å². The first-order valence-corrected chi connectivity index (χ1v) is 6.11. The maximum absolute atomic E-state index is 9.07. The fourth-order valence-corrected chi connectivity index (χ4v) is 2.62. The first kappa shape index (κ1) is 10.9. The lowest BCUT2D eigenvalue weighted by Gasteiger charge is -2.35. The predicted octanol–water partition coefficient (Wildman–Crippen LogP) is 1.79. The fraction of sp³-hybridized carbons (Fsp3) is 0.917. The zero-order valence-corrected chi connectivity index (χ0v) is 9.32. The number of likely N-dealkylation sites (tertiary alicyclic amines) is 1. The van der Waals surface area contributed by atoms with Crippen LogP contribution in [0.4, 0.5) is 0 Å². The van der Waals surface area contributed by atoms with Gasteiger partial charge in [-0.3, -0.25) is 4.90 Å². The van der Waals surface area contributed by atoms with Gasteiger partial charge in [-0.1, -0.05) is 0 Å². The van der Waals surface area contributed by atoms with Crippen molar-refractivity contribution in [2.75, 3.05) is 26.3 Å². The molecule has 0 saturated carbocycles. The van der Waals surface area contributed by atoms with Crippen molar-refractivity contribution < 1.29 is 4.74 Å². The molecule has 0 aromatic carbocycles. The van der Waals surface area contributed by atoms with Crippen LogP contribution in [0.25, 0.3) is 0 Å². The van der Waals surface area contributed by atoms with E-state index < -0.39 is 0 Å². The van der Waals surface area contributed by atoms with Crippen molar-refractivity contribution in [1.29, 1.82) is 5.26 Å². The van der Waals surface area contributed by atoms with Crippen LogP contribution < -0.4 is 0 Å². The van der Waals surface area contributed by atoms with Gasteiger partial charge in [-0.25, -0.2) is 0 Å². The molecule has 0 amide bonds. The highest BCUT2D eigenvalue weighted by Gasteiger charge is 2.25. The quantitative estimate of drug-likeness (QED) is 0.694. The minimum atomic E-state index is 0.182. The lowest BCUT2D eigenvalue weighted by atomic mass is 9.96. The monoisotopic (exact) mass is 208 g/mol. The van der Waals surface area contributed by atoms with Crippen molar-refractivity contribution in [2.45, 2.75) is 38.1 Å². The summed E-state index contributed by atoms with van der Waals surface area (Å²) < 4.78 is 5.36. The Morgan fingerprint density at radius 3 is 2.73 bits per heavy atom. The summed E-state index contributed by atoms with van der Waals surface area (Å²) in [6, 6.07) is 2.62. The molecule has 0 N–H and O–H groups in total. The Hall–Kier alpha value is -0.590. The van der Waals surface area contributed by atoms with Gasteiger partial charge >= 0.3 is 0 Å². The SMILES string of the molecule is N#CC1CCCCN1CC1CCOCC1. The van der Waals surface area contributed by atoms with Crippen LogP contribution >= 0.6 is 0 Å². The average molecular weight is 208 g/mol. The normalized spacial score (nSPS) is 29.9. The molecule has 15 heavy (non-hydrogen) atoms. The number of piperidine rings is 1. The van der Waals surface area contributed by atoms with Crippen molar-refractivity contribution in [3.63, 3.8) is 0 Å². The zero-order chi connectivity index (χ0) is 10.5. The van der Waals surface area contributed by atoms with E-state index in [9.17, 15) is 0 Å². The van der Waals surface area contributed by atoms with E-state index in [1.54, 1.807) is 0 Å². The third kappa shape index (κ3) is 2.93. The Labute approximate surface area is 92.0 Å². The topological polar surface area (TPSA) is 36.3 Å². The molecule has 1 atom stereocenters. The van der Waals surface area contributed by atoms with E-state index in [1.807, 2.05) is 0 Å². The van der Waals surface area contributed by atoms with Crippen molar-refractivity contribution >= 4 is 0 Å². The van der Waals surface area contributed by atoms with Crippen LogP contribution in [0.2, 0.25) is 0 Å². The Morgan fingerprint density at radius 2 is 2.00 bits per heavy atom. The Morgan fingerprint density at radius 1 is 1.20 bits per heavy atom. The van der Waals surface area contributed by atoms with Crippen LogP contribution in [0.1, 0.15) is 32.1 Å². The van der Waals surface area contributed by atoms with Crippen LogP contribution in [0, 0.1) is 17.2 Å². The molecule has 3 heteroatoms. The molecule has 0 aromatic heterocycles. The summed E-state index contributed by atoms with van der Waals surface area (Å²) in [4.78, 5) is 2.39. The number of hydrogen-bond acceptors (Lipinski definition) is 3. The summed E-state index contributed by atoms with van der Waals surface area (Å²) in [5.41, 5.74) is 0. The van der Waals surface area contributed by atoms with E-state index in [1.165, 1.54) is 25.7 Å². The summed E-state index contributed by atoms with van der Waals surface area (Å²) in [6.07, 6.45) is 5.91. The van der Waals surface area contributed by atoms with Crippen LogP contribution in [-0.4, -0.2) is 37.2 Å². The van der Waals surface area contributed by atoms with E-state index >= 15 is 0 Å². The maximum atomic E-state index is 9.07. The summed E-state index contributed by atoms with van der Waals surface area (Å²) >= 11 is 0. The predicted molar refractivity (Wildman–Crippen MR) is 58.4 cm³/mol. The van der Waals surface area contributed by atoms with Gasteiger partial charge in [0.2, 0.25) is 0 Å². The number of nitrogens with zero attached hydrogens (tertiary/aromatic N) is 2. The molecule has 2 aliphatic rings. The first-order chi connectivity index (χ1) is 7.40. The van der Waals surface area contributed by atoms with E-state index in [0.29, 0.717) is 0 Å². The van der Waals surface area contributed by atoms with Crippen molar-refractivity contribution in [2.24, 2.45) is 5.92 Å². The summed E-state index contributed by atoms with van der Waals surface area (Å²) in [5, 5.41) is 9.07. The standard InChI is InChI=1S/C12H20N2O/c13-9-12-3-1-2-6-14(12)10-11-4-7-15-8-5-11/h11-12H,1-8,10H2. The zero-order valence-electron chi connectivity index (χ0n) is 9.32. The van der Waals surface area contributed by atoms with Crippen LogP contribution in [-0.2, 0) is 4.74 Å². The molecule has 2 aliphatic heterocycles. The van der Waals surface area contributed by atoms with Gasteiger partial charge in [-0.2, -0.15) is 5.26 Å². The molecule has 2 fully saturated rings. The Balaban J connectivity index is 1.83. The Kier molecular flexibility index (Phi) is 3.99. The number of nitriles is 1. The van der Waals surface area contributed by atoms with Crippen LogP contribution in [0.3, 0.4) is 0 Å². The van der Waals surface area contributed by atoms with Gasteiger partial charge < -0.3 is 4.74 Å². The highest BCUT2D eigenvalue weighted by molar-refractivity contribution is 4.94. The molecule has 2 saturated heterocycles. The van der Waals surface area contributed by atoms with Gasteiger partial charge in [0, 0.05) is 19.8 Å².